The number of aliphatic hydroxyl groups excluding tert-OH is 1. The lowest BCUT2D eigenvalue weighted by Gasteiger charge is -2.37. The number of carbonyl (C=O) groups excluding carboxylic acids is 2. The Morgan fingerprint density at radius 3 is 2.58 bits per heavy atom. The normalized spacial score (nSPS) is 18.5. The first-order valence-corrected chi connectivity index (χ1v) is 11.8. The third kappa shape index (κ3) is 5.36. The first kappa shape index (κ1) is 25.2. The average Bonchev–Trinajstić information content (AvgIpc) is 2.90. The number of fused-ring (bicyclic) bond motifs is 1. The summed E-state index contributed by atoms with van der Waals surface area (Å²) in [5.74, 6) is -0.974. The zero-order valence-corrected chi connectivity index (χ0v) is 20.5. The molecule has 0 fully saturated rings. The van der Waals surface area contributed by atoms with E-state index in [1.165, 1.54) is 29.2 Å². The van der Waals surface area contributed by atoms with Crippen LogP contribution >= 0.6 is 0 Å². The number of pyridine rings is 2. The van der Waals surface area contributed by atoms with Gasteiger partial charge in [-0.15, -0.1) is 0 Å². The highest BCUT2D eigenvalue weighted by molar-refractivity contribution is 5.98. The van der Waals surface area contributed by atoms with Gasteiger partial charge < -0.3 is 19.6 Å². The molecule has 2 aromatic heterocycles. The summed E-state index contributed by atoms with van der Waals surface area (Å²) in [7, 11) is 1.65. The molecule has 0 radical (unpaired) electrons. The van der Waals surface area contributed by atoms with Crippen molar-refractivity contribution < 1.29 is 23.8 Å². The minimum atomic E-state index is -0.487. The number of aromatic nitrogens is 2. The van der Waals surface area contributed by atoms with E-state index in [-0.39, 0.29) is 42.3 Å². The van der Waals surface area contributed by atoms with Crippen molar-refractivity contribution in [1.29, 1.82) is 0 Å². The molecule has 1 aliphatic heterocycles. The largest absolute Gasteiger partial charge is 0.472 e. The first-order valence-electron chi connectivity index (χ1n) is 11.8. The number of ether oxygens (including phenoxy) is 1. The zero-order valence-electron chi connectivity index (χ0n) is 20.5. The number of aliphatic hydroxyl groups is 1. The summed E-state index contributed by atoms with van der Waals surface area (Å²) in [5, 5.41) is 9.84. The molecule has 2 amide bonds. The van der Waals surface area contributed by atoms with Crippen molar-refractivity contribution >= 4 is 11.8 Å². The maximum absolute atomic E-state index is 13.6. The Bertz CT molecular complexity index is 1220. The van der Waals surface area contributed by atoms with E-state index in [2.05, 4.69) is 9.97 Å². The quantitative estimate of drug-likeness (QED) is 0.568. The van der Waals surface area contributed by atoms with Gasteiger partial charge in [0.05, 0.1) is 19.2 Å². The molecule has 3 heterocycles. The molecule has 1 aromatic carbocycles. The van der Waals surface area contributed by atoms with Gasteiger partial charge in [0.15, 0.2) is 0 Å². The van der Waals surface area contributed by atoms with E-state index in [0.717, 1.165) is 11.1 Å². The van der Waals surface area contributed by atoms with Crippen molar-refractivity contribution in [3.63, 3.8) is 0 Å². The van der Waals surface area contributed by atoms with E-state index in [9.17, 15) is 19.1 Å². The highest BCUT2D eigenvalue weighted by Crippen LogP contribution is 2.30. The minimum Gasteiger partial charge on any atom is -0.472 e. The van der Waals surface area contributed by atoms with Crippen LogP contribution in [0.25, 0.3) is 11.1 Å². The summed E-state index contributed by atoms with van der Waals surface area (Å²) in [6.45, 7) is 4.07. The molecule has 0 spiro atoms. The molecule has 1 N–H and O–H groups in total. The second kappa shape index (κ2) is 10.8. The number of hydrogen-bond acceptors (Lipinski definition) is 6. The van der Waals surface area contributed by atoms with Gasteiger partial charge in [0.1, 0.15) is 17.5 Å². The Morgan fingerprint density at radius 2 is 1.92 bits per heavy atom. The van der Waals surface area contributed by atoms with E-state index in [4.69, 9.17) is 4.74 Å². The molecule has 0 bridgehead atoms. The highest BCUT2D eigenvalue weighted by atomic mass is 19.1. The lowest BCUT2D eigenvalue weighted by atomic mass is 9.99. The van der Waals surface area contributed by atoms with Crippen LogP contribution in [0.1, 0.15) is 34.6 Å². The van der Waals surface area contributed by atoms with Crippen molar-refractivity contribution in [2.45, 2.75) is 26.0 Å². The van der Waals surface area contributed by atoms with Gasteiger partial charge in [-0.2, -0.15) is 0 Å². The van der Waals surface area contributed by atoms with Crippen molar-refractivity contribution in [3.8, 4) is 17.0 Å². The topological polar surface area (TPSA) is 95.9 Å². The summed E-state index contributed by atoms with van der Waals surface area (Å²) in [4.78, 5) is 38.1. The predicted molar refractivity (Wildman–Crippen MR) is 132 cm³/mol. The standard InChI is InChI=1S/C27H29FN4O4/c1-17-14-32(18(2)16-33)27(35)23-12-21(19-8-10-29-11-9-19)13-30-25(23)36-24(17)15-31(3)26(34)20-4-6-22(28)7-5-20/h4-13,17-18,24,33H,14-16H2,1-3H3/t17-,18+,24-/m0/s1. The molecule has 3 aromatic rings. The number of nitrogens with zero attached hydrogens (tertiary/aromatic N) is 4. The van der Waals surface area contributed by atoms with Crippen LogP contribution in [0.4, 0.5) is 4.39 Å². The lowest BCUT2D eigenvalue weighted by molar-refractivity contribution is 0.0313. The Balaban J connectivity index is 1.66. The summed E-state index contributed by atoms with van der Waals surface area (Å²) >= 11 is 0. The number of amides is 2. The molecular weight excluding hydrogens is 463 g/mol. The highest BCUT2D eigenvalue weighted by Gasteiger charge is 2.35. The molecular formula is C27H29FN4O4. The second-order valence-electron chi connectivity index (χ2n) is 9.13. The molecule has 8 nitrogen and oxygen atoms in total. The molecule has 3 atom stereocenters. The monoisotopic (exact) mass is 492 g/mol. The van der Waals surface area contributed by atoms with E-state index < -0.39 is 18.0 Å². The number of halogens is 1. The van der Waals surface area contributed by atoms with Gasteiger partial charge >= 0.3 is 0 Å². The van der Waals surface area contributed by atoms with Gasteiger partial charge in [0.25, 0.3) is 11.8 Å². The van der Waals surface area contributed by atoms with Crippen molar-refractivity contribution in [2.75, 3.05) is 26.7 Å². The van der Waals surface area contributed by atoms with E-state index in [1.807, 2.05) is 19.1 Å². The SMILES string of the molecule is C[C@H](CO)N1C[C@H](C)[C@H](CN(C)C(=O)c2ccc(F)cc2)Oc2ncc(-c3ccncc3)cc2C1=O. The van der Waals surface area contributed by atoms with Crippen molar-refractivity contribution in [3.05, 3.63) is 78.0 Å². The number of benzene rings is 1. The third-order valence-electron chi connectivity index (χ3n) is 6.43. The lowest BCUT2D eigenvalue weighted by Crippen LogP contribution is -2.50. The van der Waals surface area contributed by atoms with E-state index in [0.29, 0.717) is 12.1 Å². The first-order chi connectivity index (χ1) is 17.3. The van der Waals surface area contributed by atoms with Gasteiger partial charge in [-0.1, -0.05) is 6.92 Å². The maximum Gasteiger partial charge on any atom is 0.259 e. The molecule has 0 unspecified atom stereocenters. The molecule has 188 valence electrons. The van der Waals surface area contributed by atoms with Crippen LogP contribution in [-0.4, -0.2) is 75.6 Å². The van der Waals surface area contributed by atoms with Gasteiger partial charge in [-0.3, -0.25) is 14.6 Å². The van der Waals surface area contributed by atoms with Crippen LogP contribution in [-0.2, 0) is 0 Å². The Hall–Kier alpha value is -3.85. The van der Waals surface area contributed by atoms with Gasteiger partial charge in [-0.25, -0.2) is 9.37 Å². The fourth-order valence-electron chi connectivity index (χ4n) is 4.19. The van der Waals surface area contributed by atoms with Gasteiger partial charge in [0.2, 0.25) is 5.88 Å². The van der Waals surface area contributed by atoms with Crippen LogP contribution in [0.15, 0.2) is 61.1 Å². The summed E-state index contributed by atoms with van der Waals surface area (Å²) in [6.07, 6.45) is 4.48. The van der Waals surface area contributed by atoms with Crippen LogP contribution in [0.5, 0.6) is 5.88 Å². The number of hydrogen-bond donors (Lipinski definition) is 1. The van der Waals surface area contributed by atoms with Crippen molar-refractivity contribution in [2.24, 2.45) is 5.92 Å². The maximum atomic E-state index is 13.6. The zero-order chi connectivity index (χ0) is 25.8. The average molecular weight is 493 g/mol. The summed E-state index contributed by atoms with van der Waals surface area (Å²) in [5.41, 5.74) is 2.24. The fourth-order valence-corrected chi connectivity index (χ4v) is 4.19. The predicted octanol–water partition coefficient (Wildman–Crippen LogP) is 3.28. The van der Waals surface area contributed by atoms with Crippen molar-refractivity contribution in [1.82, 2.24) is 19.8 Å². The minimum absolute atomic E-state index is 0.173. The van der Waals surface area contributed by atoms with Crippen LogP contribution < -0.4 is 4.74 Å². The number of rotatable bonds is 6. The molecule has 0 saturated heterocycles. The number of carbonyl (C=O) groups is 2. The van der Waals surface area contributed by atoms with E-state index in [1.54, 1.807) is 43.5 Å². The Labute approximate surface area is 209 Å². The molecule has 1 aliphatic rings. The molecule has 0 aliphatic carbocycles. The summed E-state index contributed by atoms with van der Waals surface area (Å²) in [6, 6.07) is 10.3. The fraction of sp³-hybridized carbons (Fsp3) is 0.333. The Kier molecular flexibility index (Phi) is 7.59. The third-order valence-corrected chi connectivity index (χ3v) is 6.43. The molecule has 4 rings (SSSR count). The molecule has 36 heavy (non-hydrogen) atoms. The summed E-state index contributed by atoms with van der Waals surface area (Å²) < 4.78 is 19.6. The smallest absolute Gasteiger partial charge is 0.259 e. The van der Waals surface area contributed by atoms with Crippen LogP contribution in [0, 0.1) is 11.7 Å². The Morgan fingerprint density at radius 1 is 1.22 bits per heavy atom. The molecule has 9 heteroatoms. The van der Waals surface area contributed by atoms with Crippen LogP contribution in [0.2, 0.25) is 0 Å². The van der Waals surface area contributed by atoms with Crippen LogP contribution in [0.3, 0.4) is 0 Å². The molecule has 0 saturated carbocycles. The van der Waals surface area contributed by atoms with E-state index >= 15 is 0 Å². The van der Waals surface area contributed by atoms with Gasteiger partial charge in [0, 0.05) is 49.2 Å². The number of likely N-dealkylation sites (N-methyl/N-ethyl adjacent to an activating group) is 1. The van der Waals surface area contributed by atoms with Gasteiger partial charge in [-0.05, 0) is 55.0 Å². The second-order valence-corrected chi connectivity index (χ2v) is 9.13.